The van der Waals surface area contributed by atoms with Crippen LogP contribution in [0.2, 0.25) is 0 Å². The molecule has 0 aliphatic rings. The van der Waals surface area contributed by atoms with Gasteiger partial charge in [-0.2, -0.15) is 4.89 Å². The Hall–Kier alpha value is -1.14. The van der Waals surface area contributed by atoms with E-state index in [-0.39, 0.29) is 5.97 Å². The lowest BCUT2D eigenvalue weighted by atomic mass is 10.1. The molecule has 0 heterocycles. The molecule has 1 atom stereocenters. The van der Waals surface area contributed by atoms with E-state index in [0.717, 1.165) is 32.1 Å². The van der Waals surface area contributed by atoms with Crippen LogP contribution in [0.15, 0.2) is 0 Å². The first-order chi connectivity index (χ1) is 8.60. The molecule has 0 bridgehead atoms. The molecule has 0 spiro atoms. The van der Waals surface area contributed by atoms with E-state index >= 15 is 0 Å². The van der Waals surface area contributed by atoms with Crippen molar-refractivity contribution in [3.8, 4) is 0 Å². The van der Waals surface area contributed by atoms with E-state index in [4.69, 9.17) is 9.99 Å². The van der Waals surface area contributed by atoms with Gasteiger partial charge in [-0.3, -0.25) is 9.59 Å². The van der Waals surface area contributed by atoms with E-state index in [9.17, 15) is 9.59 Å². The standard InChI is InChI=1S/C12H22O6/c1-10(13)17-12(18-15)9-7-5-3-4-6-8-11(14)16-2/h12,15H,3-9H2,1-2H3. The monoisotopic (exact) mass is 262 g/mol. The highest BCUT2D eigenvalue weighted by molar-refractivity contribution is 5.68. The molecule has 1 unspecified atom stereocenters. The molecule has 0 amide bonds. The highest BCUT2D eigenvalue weighted by Crippen LogP contribution is 2.11. The Bertz CT molecular complexity index is 241. The molecule has 0 aromatic heterocycles. The fourth-order valence-corrected chi connectivity index (χ4v) is 1.53. The van der Waals surface area contributed by atoms with Crippen LogP contribution < -0.4 is 0 Å². The lowest BCUT2D eigenvalue weighted by Gasteiger charge is -2.12. The molecule has 18 heavy (non-hydrogen) atoms. The second-order valence-corrected chi connectivity index (χ2v) is 4.03. The van der Waals surface area contributed by atoms with Gasteiger partial charge in [-0.05, 0) is 12.8 Å². The molecule has 0 aliphatic heterocycles. The number of carbonyl (C=O) groups excluding carboxylic acids is 2. The highest BCUT2D eigenvalue weighted by atomic mass is 17.1. The smallest absolute Gasteiger partial charge is 0.305 e. The molecule has 1 N–H and O–H groups in total. The first-order valence-corrected chi connectivity index (χ1v) is 6.14. The molecular weight excluding hydrogens is 240 g/mol. The Kier molecular flexibility index (Phi) is 10.3. The molecule has 0 radical (unpaired) electrons. The van der Waals surface area contributed by atoms with Crippen molar-refractivity contribution in [2.75, 3.05) is 7.11 Å². The van der Waals surface area contributed by atoms with E-state index in [1.165, 1.54) is 14.0 Å². The lowest BCUT2D eigenvalue weighted by Crippen LogP contribution is -2.18. The van der Waals surface area contributed by atoms with Crippen LogP contribution in [-0.4, -0.2) is 30.6 Å². The van der Waals surface area contributed by atoms with Crippen LogP contribution in [0.3, 0.4) is 0 Å². The number of ether oxygens (including phenoxy) is 2. The summed E-state index contributed by atoms with van der Waals surface area (Å²) in [5.74, 6) is -0.661. The van der Waals surface area contributed by atoms with E-state index < -0.39 is 12.3 Å². The number of rotatable bonds is 10. The van der Waals surface area contributed by atoms with Gasteiger partial charge in [-0.15, -0.1) is 0 Å². The van der Waals surface area contributed by atoms with Gasteiger partial charge >= 0.3 is 11.9 Å². The van der Waals surface area contributed by atoms with E-state index in [0.29, 0.717) is 12.8 Å². The number of hydrogen-bond donors (Lipinski definition) is 1. The van der Waals surface area contributed by atoms with E-state index in [1.807, 2.05) is 0 Å². The van der Waals surface area contributed by atoms with Gasteiger partial charge in [-0.25, -0.2) is 5.26 Å². The topological polar surface area (TPSA) is 82.1 Å². The second-order valence-electron chi connectivity index (χ2n) is 4.03. The maximum absolute atomic E-state index is 10.8. The molecule has 0 aromatic carbocycles. The summed E-state index contributed by atoms with van der Waals surface area (Å²) in [6.07, 6.45) is 4.51. The summed E-state index contributed by atoms with van der Waals surface area (Å²) in [6.45, 7) is 1.26. The maximum atomic E-state index is 10.8. The van der Waals surface area contributed by atoms with Gasteiger partial charge in [0.15, 0.2) is 0 Å². The summed E-state index contributed by atoms with van der Waals surface area (Å²) in [5, 5.41) is 8.48. The van der Waals surface area contributed by atoms with Crippen molar-refractivity contribution in [3.05, 3.63) is 0 Å². The van der Waals surface area contributed by atoms with Crippen LogP contribution >= 0.6 is 0 Å². The van der Waals surface area contributed by atoms with Gasteiger partial charge in [0, 0.05) is 19.8 Å². The van der Waals surface area contributed by atoms with Crippen LogP contribution in [0.5, 0.6) is 0 Å². The van der Waals surface area contributed by atoms with Crippen molar-refractivity contribution in [3.63, 3.8) is 0 Å². The van der Waals surface area contributed by atoms with Crippen molar-refractivity contribution in [2.24, 2.45) is 0 Å². The number of carbonyl (C=O) groups is 2. The van der Waals surface area contributed by atoms with E-state index in [1.54, 1.807) is 0 Å². The largest absolute Gasteiger partial charge is 0.469 e. The third kappa shape index (κ3) is 10.0. The third-order valence-electron chi connectivity index (χ3n) is 2.46. The van der Waals surface area contributed by atoms with Crippen LogP contribution in [0.25, 0.3) is 0 Å². The van der Waals surface area contributed by atoms with Gasteiger partial charge in [0.1, 0.15) is 0 Å². The van der Waals surface area contributed by atoms with Crippen molar-refractivity contribution in [2.45, 2.75) is 58.2 Å². The summed E-state index contributed by atoms with van der Waals surface area (Å²) in [5.41, 5.74) is 0. The van der Waals surface area contributed by atoms with E-state index in [2.05, 4.69) is 9.62 Å². The zero-order valence-corrected chi connectivity index (χ0v) is 11.0. The Labute approximate surface area is 107 Å². The number of unbranched alkanes of at least 4 members (excludes halogenated alkanes) is 4. The number of hydrogen-bond acceptors (Lipinski definition) is 6. The Morgan fingerprint density at radius 1 is 1.11 bits per heavy atom. The Balaban J connectivity index is 3.38. The first kappa shape index (κ1) is 16.9. The van der Waals surface area contributed by atoms with Gasteiger partial charge in [0.2, 0.25) is 6.29 Å². The molecular formula is C12H22O6. The lowest BCUT2D eigenvalue weighted by molar-refractivity contribution is -0.337. The zero-order valence-electron chi connectivity index (χ0n) is 11.0. The normalized spacial score (nSPS) is 11.9. The quantitative estimate of drug-likeness (QED) is 0.214. The third-order valence-corrected chi connectivity index (χ3v) is 2.46. The minimum Gasteiger partial charge on any atom is -0.469 e. The molecule has 0 fully saturated rings. The summed E-state index contributed by atoms with van der Waals surface area (Å²) < 4.78 is 9.23. The molecule has 0 aromatic rings. The molecule has 0 saturated heterocycles. The van der Waals surface area contributed by atoms with Crippen LogP contribution in [-0.2, 0) is 24.0 Å². The Morgan fingerprint density at radius 3 is 2.28 bits per heavy atom. The van der Waals surface area contributed by atoms with Crippen molar-refractivity contribution >= 4 is 11.9 Å². The van der Waals surface area contributed by atoms with Gasteiger partial charge < -0.3 is 9.47 Å². The second kappa shape index (κ2) is 11.0. The molecule has 0 saturated carbocycles. The summed E-state index contributed by atoms with van der Waals surface area (Å²) in [7, 11) is 1.38. The molecule has 6 nitrogen and oxygen atoms in total. The van der Waals surface area contributed by atoms with Crippen molar-refractivity contribution in [1.29, 1.82) is 0 Å². The Morgan fingerprint density at radius 2 is 1.72 bits per heavy atom. The van der Waals surface area contributed by atoms with Gasteiger partial charge in [-0.1, -0.05) is 19.3 Å². The average molecular weight is 262 g/mol. The molecule has 106 valence electrons. The zero-order chi connectivity index (χ0) is 13.8. The molecule has 0 rings (SSSR count). The molecule has 6 heteroatoms. The summed E-state index contributed by atoms with van der Waals surface area (Å²) in [6, 6.07) is 0. The number of esters is 2. The fourth-order valence-electron chi connectivity index (χ4n) is 1.53. The first-order valence-electron chi connectivity index (χ1n) is 6.14. The summed E-state index contributed by atoms with van der Waals surface area (Å²) in [4.78, 5) is 25.5. The molecule has 0 aliphatic carbocycles. The van der Waals surface area contributed by atoms with Crippen molar-refractivity contribution in [1.82, 2.24) is 0 Å². The fraction of sp³-hybridized carbons (Fsp3) is 0.833. The SMILES string of the molecule is COC(=O)CCCCCCCC(OO)OC(C)=O. The highest BCUT2D eigenvalue weighted by Gasteiger charge is 2.11. The van der Waals surface area contributed by atoms with Crippen LogP contribution in [0.4, 0.5) is 0 Å². The minimum absolute atomic E-state index is 0.182. The predicted molar refractivity (Wildman–Crippen MR) is 63.6 cm³/mol. The number of methoxy groups -OCH3 is 1. The van der Waals surface area contributed by atoms with Crippen molar-refractivity contribution < 1.29 is 29.2 Å². The maximum Gasteiger partial charge on any atom is 0.305 e. The van der Waals surface area contributed by atoms with Gasteiger partial charge in [0.25, 0.3) is 0 Å². The minimum atomic E-state index is -0.877. The van der Waals surface area contributed by atoms with Gasteiger partial charge in [0.05, 0.1) is 7.11 Å². The van der Waals surface area contributed by atoms with Crippen LogP contribution in [0.1, 0.15) is 51.9 Å². The van der Waals surface area contributed by atoms with Crippen LogP contribution in [0, 0.1) is 0 Å². The predicted octanol–water partition coefficient (Wildman–Crippen LogP) is 2.27. The average Bonchev–Trinajstić information content (AvgIpc) is 2.35. The summed E-state index contributed by atoms with van der Waals surface area (Å²) >= 11 is 0.